The van der Waals surface area contributed by atoms with Gasteiger partial charge in [0, 0.05) is 33.2 Å². The van der Waals surface area contributed by atoms with E-state index >= 15 is 0 Å². The summed E-state index contributed by atoms with van der Waals surface area (Å²) in [7, 11) is 1.45. The van der Waals surface area contributed by atoms with Gasteiger partial charge in [-0.2, -0.15) is 0 Å². The van der Waals surface area contributed by atoms with E-state index < -0.39 is 11.8 Å². The van der Waals surface area contributed by atoms with Crippen molar-refractivity contribution >= 4 is 28.9 Å². The molecule has 148 valence electrons. The molecule has 2 aromatic rings. The molecule has 1 unspecified atom stereocenters. The first-order valence-electron chi connectivity index (χ1n) is 9.11. The van der Waals surface area contributed by atoms with Crippen LogP contribution < -0.4 is 11.1 Å². The molecule has 4 amide bonds. The second kappa shape index (κ2) is 7.12. The zero-order chi connectivity index (χ0) is 19.8. The van der Waals surface area contributed by atoms with E-state index in [-0.39, 0.29) is 30.9 Å². The highest BCUT2D eigenvalue weighted by molar-refractivity contribution is 5.96. The van der Waals surface area contributed by atoms with E-state index in [1.54, 1.807) is 29.2 Å². The highest BCUT2D eigenvalue weighted by atomic mass is 16.4. The molecular weight excluding hydrogens is 366 g/mol. The van der Waals surface area contributed by atoms with Crippen molar-refractivity contribution in [1.82, 2.24) is 24.6 Å². The number of aromatic nitrogens is 1. The predicted octanol–water partition coefficient (Wildman–Crippen LogP) is -0.363. The lowest BCUT2D eigenvalue weighted by Gasteiger charge is -2.41. The fourth-order valence-corrected chi connectivity index (χ4v) is 3.61. The van der Waals surface area contributed by atoms with Crippen LogP contribution in [0.4, 0.5) is 4.79 Å². The molecule has 2 fully saturated rings. The van der Waals surface area contributed by atoms with Crippen molar-refractivity contribution in [3.63, 3.8) is 0 Å². The Morgan fingerprint density at radius 1 is 1.14 bits per heavy atom. The van der Waals surface area contributed by atoms with E-state index in [0.29, 0.717) is 37.3 Å². The van der Waals surface area contributed by atoms with Gasteiger partial charge in [0.1, 0.15) is 6.54 Å². The smallest absolute Gasteiger partial charge is 0.408 e. The minimum absolute atomic E-state index is 0.0840. The maximum Gasteiger partial charge on any atom is 0.420 e. The Bertz CT molecular complexity index is 970. The Labute approximate surface area is 160 Å². The molecule has 28 heavy (non-hydrogen) atoms. The lowest BCUT2D eigenvalue weighted by atomic mass is 10.2. The number of carbonyl (C=O) groups excluding carboxylic acids is 3. The molecule has 1 atom stereocenters. The summed E-state index contributed by atoms with van der Waals surface area (Å²) in [6, 6.07) is 6.57. The monoisotopic (exact) mass is 387 g/mol. The van der Waals surface area contributed by atoms with E-state index in [1.165, 1.54) is 11.6 Å². The summed E-state index contributed by atoms with van der Waals surface area (Å²) in [6.07, 6.45) is -0.138. The number of amides is 4. The van der Waals surface area contributed by atoms with Gasteiger partial charge >= 0.3 is 11.8 Å². The zero-order valence-electron chi connectivity index (χ0n) is 15.5. The van der Waals surface area contributed by atoms with Crippen LogP contribution in [-0.4, -0.2) is 76.5 Å². The van der Waals surface area contributed by atoms with E-state index in [0.717, 1.165) is 4.90 Å². The largest absolute Gasteiger partial charge is 0.420 e. The fraction of sp³-hybridized carbons (Fsp3) is 0.444. The van der Waals surface area contributed by atoms with E-state index in [2.05, 4.69) is 5.32 Å². The van der Waals surface area contributed by atoms with Crippen LogP contribution in [0.25, 0.3) is 11.1 Å². The van der Waals surface area contributed by atoms with Crippen LogP contribution in [0.2, 0.25) is 0 Å². The van der Waals surface area contributed by atoms with Crippen molar-refractivity contribution in [2.75, 3.05) is 33.2 Å². The number of piperazine rings is 1. The maximum atomic E-state index is 12.7. The van der Waals surface area contributed by atoms with E-state index in [9.17, 15) is 19.2 Å². The molecule has 0 saturated carbocycles. The highest BCUT2D eigenvalue weighted by Gasteiger charge is 2.34. The molecule has 0 radical (unpaired) electrons. The summed E-state index contributed by atoms with van der Waals surface area (Å²) in [4.78, 5) is 53.1. The number of benzene rings is 1. The van der Waals surface area contributed by atoms with Gasteiger partial charge in [-0.05, 0) is 12.1 Å². The van der Waals surface area contributed by atoms with Crippen LogP contribution in [0.1, 0.15) is 6.42 Å². The summed E-state index contributed by atoms with van der Waals surface area (Å²) in [6.45, 7) is 1.91. The molecule has 1 N–H and O–H groups in total. The van der Waals surface area contributed by atoms with Crippen molar-refractivity contribution in [1.29, 1.82) is 0 Å². The van der Waals surface area contributed by atoms with Crippen molar-refractivity contribution in [2.24, 2.45) is 0 Å². The van der Waals surface area contributed by atoms with Crippen LogP contribution in [0.5, 0.6) is 0 Å². The molecule has 2 aliphatic heterocycles. The number of hydrogen-bond donors (Lipinski definition) is 1. The number of nitrogens with zero attached hydrogens (tertiary/aromatic N) is 4. The molecule has 4 rings (SSSR count). The Kier molecular flexibility index (Phi) is 4.63. The molecule has 2 saturated heterocycles. The molecular formula is C18H21N5O5. The minimum atomic E-state index is -0.555. The summed E-state index contributed by atoms with van der Waals surface area (Å²) >= 11 is 0. The topological polar surface area (TPSA) is 108 Å². The Hall–Kier alpha value is -3.14. The van der Waals surface area contributed by atoms with Gasteiger partial charge in [-0.3, -0.25) is 24.0 Å². The standard InChI is InChI=1S/C18H21N5O5/c1-20-15(24)10-14(19-17(20)26)21-6-8-22(9-7-21)16(25)11-23-12-4-2-3-5-13(12)28-18(23)27/h2-5,14H,6-11H2,1H3,(H,19,26). The van der Waals surface area contributed by atoms with Crippen LogP contribution in [0.15, 0.2) is 33.5 Å². The van der Waals surface area contributed by atoms with Gasteiger partial charge in [0.2, 0.25) is 11.8 Å². The first-order chi connectivity index (χ1) is 13.4. The molecule has 1 aromatic heterocycles. The molecule has 0 bridgehead atoms. The second-order valence-corrected chi connectivity index (χ2v) is 6.96. The van der Waals surface area contributed by atoms with Gasteiger partial charge in [-0.15, -0.1) is 0 Å². The molecule has 0 aliphatic carbocycles. The van der Waals surface area contributed by atoms with Crippen LogP contribution in [-0.2, 0) is 16.1 Å². The first kappa shape index (κ1) is 18.2. The zero-order valence-corrected chi connectivity index (χ0v) is 15.5. The number of fused-ring (bicyclic) bond motifs is 1. The van der Waals surface area contributed by atoms with E-state index in [1.807, 2.05) is 4.90 Å². The number of hydrogen-bond acceptors (Lipinski definition) is 6. The van der Waals surface area contributed by atoms with Crippen molar-refractivity contribution in [3.8, 4) is 0 Å². The number of carbonyl (C=O) groups is 3. The molecule has 10 heteroatoms. The third kappa shape index (κ3) is 3.26. The van der Waals surface area contributed by atoms with Gasteiger partial charge in [0.25, 0.3) is 0 Å². The Morgan fingerprint density at radius 3 is 2.57 bits per heavy atom. The quantitative estimate of drug-likeness (QED) is 0.770. The van der Waals surface area contributed by atoms with Gasteiger partial charge in [-0.25, -0.2) is 9.59 Å². The lowest BCUT2D eigenvalue weighted by Crippen LogP contribution is -2.62. The van der Waals surface area contributed by atoms with Gasteiger partial charge in [0.05, 0.1) is 18.1 Å². The van der Waals surface area contributed by atoms with Gasteiger partial charge in [0.15, 0.2) is 5.58 Å². The van der Waals surface area contributed by atoms with Crippen molar-refractivity contribution < 1.29 is 18.8 Å². The predicted molar refractivity (Wildman–Crippen MR) is 98.3 cm³/mol. The van der Waals surface area contributed by atoms with Crippen molar-refractivity contribution in [2.45, 2.75) is 19.1 Å². The highest BCUT2D eigenvalue weighted by Crippen LogP contribution is 2.15. The number of imide groups is 1. The second-order valence-electron chi connectivity index (χ2n) is 6.96. The molecule has 0 spiro atoms. The van der Waals surface area contributed by atoms with Gasteiger partial charge in [-0.1, -0.05) is 12.1 Å². The first-order valence-corrected chi connectivity index (χ1v) is 9.11. The SMILES string of the molecule is CN1C(=O)CC(N2CCN(C(=O)Cn3c(=O)oc4ccccc43)CC2)NC1=O. The number of oxazole rings is 1. The van der Waals surface area contributed by atoms with Crippen LogP contribution in [0.3, 0.4) is 0 Å². The average molecular weight is 387 g/mol. The Morgan fingerprint density at radius 2 is 1.86 bits per heavy atom. The minimum Gasteiger partial charge on any atom is -0.408 e. The van der Waals surface area contributed by atoms with Crippen LogP contribution in [0, 0.1) is 0 Å². The Balaban J connectivity index is 1.38. The molecule has 2 aliphatic rings. The van der Waals surface area contributed by atoms with Crippen molar-refractivity contribution in [3.05, 3.63) is 34.8 Å². The van der Waals surface area contributed by atoms with E-state index in [4.69, 9.17) is 4.42 Å². The third-order valence-corrected chi connectivity index (χ3v) is 5.31. The normalized spacial score (nSPS) is 21.2. The maximum absolute atomic E-state index is 12.7. The number of rotatable bonds is 3. The van der Waals surface area contributed by atoms with Crippen LogP contribution >= 0.6 is 0 Å². The fourth-order valence-electron chi connectivity index (χ4n) is 3.61. The molecule has 3 heterocycles. The third-order valence-electron chi connectivity index (χ3n) is 5.31. The number of urea groups is 1. The summed E-state index contributed by atoms with van der Waals surface area (Å²) in [5, 5.41) is 2.81. The number of nitrogens with one attached hydrogen (secondary N) is 1. The lowest BCUT2D eigenvalue weighted by molar-refractivity contribution is -0.136. The molecule has 10 nitrogen and oxygen atoms in total. The summed E-state index contributed by atoms with van der Waals surface area (Å²) in [5.41, 5.74) is 1.04. The summed E-state index contributed by atoms with van der Waals surface area (Å²) in [5.74, 6) is -0.948. The van der Waals surface area contributed by atoms with Gasteiger partial charge < -0.3 is 14.6 Å². The number of para-hydroxylation sites is 2. The summed E-state index contributed by atoms with van der Waals surface area (Å²) < 4.78 is 6.50. The molecule has 1 aromatic carbocycles. The average Bonchev–Trinajstić information content (AvgIpc) is 3.01.